The second-order valence-electron chi connectivity index (χ2n) is 4.73. The van der Waals surface area contributed by atoms with Crippen LogP contribution >= 0.6 is 11.8 Å². The monoisotopic (exact) mass is 255 g/mol. The van der Waals surface area contributed by atoms with Crippen molar-refractivity contribution in [2.45, 2.75) is 38.1 Å². The fraction of sp³-hybridized carbons (Fsp3) is 0.571. The van der Waals surface area contributed by atoms with E-state index in [0.29, 0.717) is 5.92 Å². The molecule has 1 N–H and O–H groups in total. The highest BCUT2D eigenvalue weighted by molar-refractivity contribution is 7.99. The minimum Gasteiger partial charge on any atom is -0.313 e. The van der Waals surface area contributed by atoms with Crippen LogP contribution in [0.4, 0.5) is 4.39 Å². The van der Waals surface area contributed by atoms with Crippen molar-refractivity contribution >= 4 is 11.8 Å². The van der Waals surface area contributed by atoms with Gasteiger partial charge in [0.15, 0.2) is 0 Å². The number of hydrogen-bond donors (Lipinski definition) is 1. The van der Waals surface area contributed by atoms with Gasteiger partial charge in [-0.2, -0.15) is 0 Å². The van der Waals surface area contributed by atoms with Gasteiger partial charge in [-0.1, -0.05) is 19.9 Å². The molecule has 0 aliphatic rings. The smallest absolute Gasteiger partial charge is 0.137 e. The summed E-state index contributed by atoms with van der Waals surface area (Å²) in [7, 11) is 1.88. The lowest BCUT2D eigenvalue weighted by Gasteiger charge is -2.12. The first-order valence-electron chi connectivity index (χ1n) is 6.14. The number of halogens is 1. The predicted octanol–water partition coefficient (Wildman–Crippen LogP) is 4.24. The Morgan fingerprint density at radius 2 is 2.00 bits per heavy atom. The zero-order chi connectivity index (χ0) is 12.8. The molecule has 3 heteroatoms. The lowest BCUT2D eigenvalue weighted by atomic mass is 10.1. The van der Waals surface area contributed by atoms with Crippen LogP contribution in [0, 0.1) is 11.7 Å². The lowest BCUT2D eigenvalue weighted by Crippen LogP contribution is -2.12. The van der Waals surface area contributed by atoms with E-state index in [1.165, 1.54) is 0 Å². The Morgan fingerprint density at radius 3 is 2.53 bits per heavy atom. The van der Waals surface area contributed by atoms with Crippen LogP contribution in [0.2, 0.25) is 0 Å². The quantitative estimate of drug-likeness (QED) is 0.763. The van der Waals surface area contributed by atoms with E-state index in [-0.39, 0.29) is 11.9 Å². The van der Waals surface area contributed by atoms with Crippen molar-refractivity contribution in [1.29, 1.82) is 0 Å². The molecule has 1 aromatic carbocycles. The molecular weight excluding hydrogens is 233 g/mol. The van der Waals surface area contributed by atoms with Crippen molar-refractivity contribution in [3.8, 4) is 0 Å². The summed E-state index contributed by atoms with van der Waals surface area (Å²) < 4.78 is 13.8. The predicted molar refractivity (Wildman–Crippen MR) is 74.1 cm³/mol. The summed E-state index contributed by atoms with van der Waals surface area (Å²) in [4.78, 5) is 0.762. The van der Waals surface area contributed by atoms with E-state index in [1.54, 1.807) is 17.8 Å². The second kappa shape index (κ2) is 7.02. The Balaban J connectivity index is 2.63. The summed E-state index contributed by atoms with van der Waals surface area (Å²) >= 11 is 1.61. The molecule has 0 amide bonds. The number of rotatable bonds is 6. The Labute approximate surface area is 108 Å². The van der Waals surface area contributed by atoms with Crippen LogP contribution in [-0.4, -0.2) is 12.8 Å². The summed E-state index contributed by atoms with van der Waals surface area (Å²) in [5.74, 6) is 1.56. The molecule has 0 aliphatic carbocycles. The highest BCUT2D eigenvalue weighted by Gasteiger charge is 2.08. The molecule has 0 bridgehead atoms. The number of nitrogens with one attached hydrogen (secondary N) is 1. The third-order valence-electron chi connectivity index (χ3n) is 2.84. The van der Waals surface area contributed by atoms with E-state index in [4.69, 9.17) is 0 Å². The Morgan fingerprint density at radius 1 is 1.29 bits per heavy atom. The number of benzene rings is 1. The largest absolute Gasteiger partial charge is 0.313 e. The van der Waals surface area contributed by atoms with E-state index in [0.717, 1.165) is 22.6 Å². The average molecular weight is 255 g/mol. The zero-order valence-electron chi connectivity index (χ0n) is 11.1. The molecule has 0 aromatic heterocycles. The van der Waals surface area contributed by atoms with Gasteiger partial charge in [0.1, 0.15) is 5.82 Å². The van der Waals surface area contributed by atoms with Crippen LogP contribution in [0.5, 0.6) is 0 Å². The van der Waals surface area contributed by atoms with Gasteiger partial charge in [-0.3, -0.25) is 0 Å². The van der Waals surface area contributed by atoms with Gasteiger partial charge in [0.05, 0.1) is 0 Å². The van der Waals surface area contributed by atoms with Gasteiger partial charge in [-0.05, 0) is 49.8 Å². The topological polar surface area (TPSA) is 12.0 Å². The molecule has 1 nitrogen and oxygen atoms in total. The molecule has 17 heavy (non-hydrogen) atoms. The van der Waals surface area contributed by atoms with Crippen LogP contribution in [0.1, 0.15) is 38.8 Å². The fourth-order valence-electron chi connectivity index (χ4n) is 1.47. The molecular formula is C14H22FNS. The summed E-state index contributed by atoms with van der Waals surface area (Å²) in [6.07, 6.45) is 1.12. The Hall–Kier alpha value is -0.540. The van der Waals surface area contributed by atoms with Gasteiger partial charge in [-0.15, -0.1) is 11.8 Å². The minimum atomic E-state index is -0.0987. The SMILES string of the molecule is CNC(C)c1ccc(SCCC(C)C)c(F)c1. The third kappa shape index (κ3) is 4.68. The molecule has 96 valence electrons. The zero-order valence-corrected chi connectivity index (χ0v) is 11.9. The van der Waals surface area contributed by atoms with Gasteiger partial charge < -0.3 is 5.32 Å². The molecule has 1 rings (SSSR count). The highest BCUT2D eigenvalue weighted by Crippen LogP contribution is 2.26. The standard InChI is InChI=1S/C14H22FNS/c1-10(2)7-8-17-14-6-5-12(9-13(14)15)11(3)16-4/h5-6,9-11,16H,7-8H2,1-4H3. The first-order valence-corrected chi connectivity index (χ1v) is 7.12. The molecule has 0 heterocycles. The molecule has 0 aliphatic heterocycles. The molecule has 1 aromatic rings. The molecule has 0 saturated carbocycles. The molecule has 1 unspecified atom stereocenters. The van der Waals surface area contributed by atoms with Crippen molar-refractivity contribution in [3.05, 3.63) is 29.6 Å². The average Bonchev–Trinajstić information content (AvgIpc) is 2.29. The van der Waals surface area contributed by atoms with E-state index in [2.05, 4.69) is 19.2 Å². The van der Waals surface area contributed by atoms with E-state index in [9.17, 15) is 4.39 Å². The third-order valence-corrected chi connectivity index (χ3v) is 3.92. The van der Waals surface area contributed by atoms with Crippen LogP contribution in [0.15, 0.2) is 23.1 Å². The first kappa shape index (κ1) is 14.5. The van der Waals surface area contributed by atoms with E-state index < -0.39 is 0 Å². The van der Waals surface area contributed by atoms with E-state index >= 15 is 0 Å². The summed E-state index contributed by atoms with van der Waals surface area (Å²) in [5, 5.41) is 3.11. The van der Waals surface area contributed by atoms with Crippen LogP contribution in [0.3, 0.4) is 0 Å². The Bertz CT molecular complexity index is 352. The van der Waals surface area contributed by atoms with Crippen molar-refractivity contribution in [1.82, 2.24) is 5.32 Å². The van der Waals surface area contributed by atoms with Gasteiger partial charge in [0.25, 0.3) is 0 Å². The van der Waals surface area contributed by atoms with E-state index in [1.807, 2.05) is 26.1 Å². The summed E-state index contributed by atoms with van der Waals surface area (Å²) in [5.41, 5.74) is 0.998. The van der Waals surface area contributed by atoms with Gasteiger partial charge >= 0.3 is 0 Å². The lowest BCUT2D eigenvalue weighted by molar-refractivity contribution is 0.586. The maximum Gasteiger partial charge on any atom is 0.137 e. The maximum atomic E-state index is 13.8. The maximum absolute atomic E-state index is 13.8. The molecule has 0 radical (unpaired) electrons. The van der Waals surface area contributed by atoms with Crippen molar-refractivity contribution < 1.29 is 4.39 Å². The van der Waals surface area contributed by atoms with Crippen LogP contribution in [-0.2, 0) is 0 Å². The molecule has 0 spiro atoms. The van der Waals surface area contributed by atoms with Gasteiger partial charge in [0.2, 0.25) is 0 Å². The van der Waals surface area contributed by atoms with Crippen molar-refractivity contribution in [3.63, 3.8) is 0 Å². The fourth-order valence-corrected chi connectivity index (χ4v) is 2.64. The first-order chi connectivity index (χ1) is 8.04. The van der Waals surface area contributed by atoms with Crippen LogP contribution in [0.25, 0.3) is 0 Å². The summed E-state index contributed by atoms with van der Waals surface area (Å²) in [6.45, 7) is 6.41. The van der Waals surface area contributed by atoms with Crippen molar-refractivity contribution in [2.24, 2.45) is 5.92 Å². The Kier molecular flexibility index (Phi) is 6.00. The van der Waals surface area contributed by atoms with Gasteiger partial charge in [-0.25, -0.2) is 4.39 Å². The van der Waals surface area contributed by atoms with Gasteiger partial charge in [0, 0.05) is 10.9 Å². The normalized spacial score (nSPS) is 13.1. The number of thioether (sulfide) groups is 1. The second-order valence-corrected chi connectivity index (χ2v) is 5.87. The molecule has 0 fully saturated rings. The molecule has 1 atom stereocenters. The molecule has 0 saturated heterocycles. The summed E-state index contributed by atoms with van der Waals surface area (Å²) in [6, 6.07) is 5.73. The highest BCUT2D eigenvalue weighted by atomic mass is 32.2. The van der Waals surface area contributed by atoms with Crippen molar-refractivity contribution in [2.75, 3.05) is 12.8 Å². The minimum absolute atomic E-state index is 0.0987. The van der Waals surface area contributed by atoms with Crippen LogP contribution < -0.4 is 5.32 Å². The number of hydrogen-bond acceptors (Lipinski definition) is 2.